The van der Waals surface area contributed by atoms with Gasteiger partial charge in [0, 0.05) is 35.9 Å². The van der Waals surface area contributed by atoms with Crippen molar-refractivity contribution in [2.45, 2.75) is 25.3 Å². The van der Waals surface area contributed by atoms with E-state index >= 15 is 0 Å². The monoisotopic (exact) mass is 273 g/mol. The molecule has 0 unspecified atom stereocenters. The molecule has 0 spiro atoms. The lowest BCUT2D eigenvalue weighted by Gasteiger charge is -2.10. The number of benzene rings is 1. The second-order valence-corrected chi connectivity index (χ2v) is 5.01. The number of rotatable bonds is 6. The van der Waals surface area contributed by atoms with Crippen LogP contribution in [0, 0.1) is 0 Å². The normalized spacial score (nSPS) is 14.1. The summed E-state index contributed by atoms with van der Waals surface area (Å²) in [6.07, 6.45) is 2.54. The van der Waals surface area contributed by atoms with Crippen LogP contribution < -0.4 is 14.8 Å². The van der Waals surface area contributed by atoms with Crippen molar-refractivity contribution in [1.29, 1.82) is 0 Å². The Kier molecular flexibility index (Phi) is 3.50. The summed E-state index contributed by atoms with van der Waals surface area (Å²) in [7, 11) is 3.31. The number of nitrogens with one attached hydrogen (secondary N) is 2. The van der Waals surface area contributed by atoms with Gasteiger partial charge in [-0.05, 0) is 25.0 Å². The lowest BCUT2D eigenvalue weighted by Crippen LogP contribution is -2.02. The van der Waals surface area contributed by atoms with Gasteiger partial charge >= 0.3 is 0 Å². The first kappa shape index (κ1) is 12.8. The molecule has 106 valence electrons. The van der Waals surface area contributed by atoms with Crippen LogP contribution in [0.15, 0.2) is 24.3 Å². The van der Waals surface area contributed by atoms with E-state index in [-0.39, 0.29) is 0 Å². The van der Waals surface area contributed by atoms with Gasteiger partial charge in [-0.3, -0.25) is 5.10 Å². The topological polar surface area (TPSA) is 59.2 Å². The lowest BCUT2D eigenvalue weighted by atomic mass is 10.2. The first-order valence-corrected chi connectivity index (χ1v) is 6.80. The molecule has 0 aliphatic heterocycles. The number of nitrogens with zero attached hydrogens (tertiary/aromatic N) is 1. The van der Waals surface area contributed by atoms with Gasteiger partial charge in [0.05, 0.1) is 14.2 Å². The summed E-state index contributed by atoms with van der Waals surface area (Å²) in [5.41, 5.74) is 2.30. The highest BCUT2D eigenvalue weighted by atomic mass is 16.5. The van der Waals surface area contributed by atoms with E-state index in [4.69, 9.17) is 9.47 Å². The van der Waals surface area contributed by atoms with E-state index in [2.05, 4.69) is 21.6 Å². The molecule has 2 N–H and O–H groups in total. The Hall–Kier alpha value is -2.17. The first-order chi connectivity index (χ1) is 9.80. The van der Waals surface area contributed by atoms with E-state index in [9.17, 15) is 0 Å². The predicted octanol–water partition coefficient (Wildman–Crippen LogP) is 2.92. The molecule has 2 aromatic rings. The van der Waals surface area contributed by atoms with E-state index in [0.29, 0.717) is 12.5 Å². The molecule has 1 aromatic carbocycles. The van der Waals surface area contributed by atoms with Gasteiger partial charge in [-0.15, -0.1) is 0 Å². The highest BCUT2D eigenvalue weighted by molar-refractivity contribution is 5.44. The Balaban J connectivity index is 1.67. The van der Waals surface area contributed by atoms with Crippen molar-refractivity contribution in [2.24, 2.45) is 0 Å². The summed E-state index contributed by atoms with van der Waals surface area (Å²) in [6.45, 7) is 0.669. The van der Waals surface area contributed by atoms with Crippen molar-refractivity contribution >= 4 is 5.82 Å². The maximum absolute atomic E-state index is 5.38. The second-order valence-electron chi connectivity index (χ2n) is 5.01. The van der Waals surface area contributed by atoms with Crippen molar-refractivity contribution in [3.8, 4) is 11.5 Å². The lowest BCUT2D eigenvalue weighted by molar-refractivity contribution is 0.391. The molecular weight excluding hydrogens is 254 g/mol. The van der Waals surface area contributed by atoms with E-state index in [0.717, 1.165) is 22.9 Å². The zero-order valence-corrected chi connectivity index (χ0v) is 11.8. The van der Waals surface area contributed by atoms with Crippen LogP contribution in [0.3, 0.4) is 0 Å². The highest BCUT2D eigenvalue weighted by Crippen LogP contribution is 2.39. The fourth-order valence-electron chi connectivity index (χ4n) is 2.21. The Morgan fingerprint density at radius 3 is 2.80 bits per heavy atom. The number of aromatic nitrogens is 2. The summed E-state index contributed by atoms with van der Waals surface area (Å²) in [5.74, 6) is 3.18. The fourth-order valence-corrected chi connectivity index (χ4v) is 2.21. The molecule has 0 bridgehead atoms. The zero-order valence-electron chi connectivity index (χ0n) is 11.8. The summed E-state index contributed by atoms with van der Waals surface area (Å²) >= 11 is 0. The minimum atomic E-state index is 0.669. The largest absolute Gasteiger partial charge is 0.497 e. The smallest absolute Gasteiger partial charge is 0.148 e. The van der Waals surface area contributed by atoms with Crippen LogP contribution in [0.1, 0.15) is 30.0 Å². The minimum Gasteiger partial charge on any atom is -0.497 e. The Bertz CT molecular complexity index is 591. The maximum Gasteiger partial charge on any atom is 0.148 e. The summed E-state index contributed by atoms with van der Waals surface area (Å²) in [4.78, 5) is 0. The quantitative estimate of drug-likeness (QED) is 0.849. The maximum atomic E-state index is 5.38. The van der Waals surface area contributed by atoms with Gasteiger partial charge in [0.15, 0.2) is 0 Å². The van der Waals surface area contributed by atoms with Crippen molar-refractivity contribution in [1.82, 2.24) is 10.2 Å². The van der Waals surface area contributed by atoms with Crippen LogP contribution in [0.2, 0.25) is 0 Å². The number of hydrogen-bond donors (Lipinski definition) is 2. The molecule has 1 fully saturated rings. The van der Waals surface area contributed by atoms with Crippen molar-refractivity contribution in [2.75, 3.05) is 19.5 Å². The summed E-state index contributed by atoms with van der Waals surface area (Å²) in [6, 6.07) is 7.91. The molecule has 1 aliphatic rings. The van der Waals surface area contributed by atoms with Crippen molar-refractivity contribution in [3.63, 3.8) is 0 Å². The fraction of sp³-hybridized carbons (Fsp3) is 0.400. The van der Waals surface area contributed by atoms with Gasteiger partial charge < -0.3 is 14.8 Å². The Labute approximate surface area is 118 Å². The Morgan fingerprint density at radius 1 is 1.25 bits per heavy atom. The number of aromatic amines is 1. The van der Waals surface area contributed by atoms with Crippen LogP contribution in [0.5, 0.6) is 11.5 Å². The number of H-pyrrole nitrogens is 1. The molecule has 20 heavy (non-hydrogen) atoms. The molecular formula is C15H19N3O2. The Morgan fingerprint density at radius 2 is 2.10 bits per heavy atom. The zero-order chi connectivity index (χ0) is 13.9. The van der Waals surface area contributed by atoms with Gasteiger partial charge in [0.2, 0.25) is 0 Å². The summed E-state index contributed by atoms with van der Waals surface area (Å²) in [5, 5.41) is 10.7. The standard InChI is InChI=1S/C15H19N3O2/c1-19-12-6-5-11(14(7-12)20-2)9-16-15-8-13(17-18-15)10-3-4-10/h5-8,10H,3-4,9H2,1-2H3,(H2,16,17,18). The van der Waals surface area contributed by atoms with E-state index < -0.39 is 0 Å². The van der Waals surface area contributed by atoms with Gasteiger partial charge in [0.1, 0.15) is 17.3 Å². The SMILES string of the molecule is COc1ccc(CNc2cc(C3CC3)[nH]n2)c(OC)c1. The third-order valence-electron chi connectivity index (χ3n) is 3.57. The average Bonchev–Trinajstić information content (AvgIpc) is 3.24. The molecule has 0 amide bonds. The van der Waals surface area contributed by atoms with Crippen LogP contribution in [-0.2, 0) is 6.54 Å². The molecule has 1 aromatic heterocycles. The average molecular weight is 273 g/mol. The van der Waals surface area contributed by atoms with Gasteiger partial charge in [-0.2, -0.15) is 5.10 Å². The van der Waals surface area contributed by atoms with Crippen molar-refractivity contribution in [3.05, 3.63) is 35.5 Å². The molecule has 0 atom stereocenters. The summed E-state index contributed by atoms with van der Waals surface area (Å²) < 4.78 is 10.6. The number of hydrogen-bond acceptors (Lipinski definition) is 4. The van der Waals surface area contributed by atoms with Crippen LogP contribution >= 0.6 is 0 Å². The van der Waals surface area contributed by atoms with E-state index in [1.165, 1.54) is 18.5 Å². The highest BCUT2D eigenvalue weighted by Gasteiger charge is 2.25. The predicted molar refractivity (Wildman–Crippen MR) is 77.4 cm³/mol. The molecule has 1 aliphatic carbocycles. The molecule has 0 saturated heterocycles. The van der Waals surface area contributed by atoms with Gasteiger partial charge in [-0.1, -0.05) is 0 Å². The molecule has 3 rings (SSSR count). The molecule has 1 saturated carbocycles. The van der Waals surface area contributed by atoms with Crippen molar-refractivity contribution < 1.29 is 9.47 Å². The van der Waals surface area contributed by atoms with E-state index in [1.807, 2.05) is 18.2 Å². The third kappa shape index (κ3) is 2.71. The molecule has 0 radical (unpaired) electrons. The second kappa shape index (κ2) is 5.45. The van der Waals surface area contributed by atoms with Crippen LogP contribution in [0.4, 0.5) is 5.82 Å². The number of methoxy groups -OCH3 is 2. The molecule has 5 nitrogen and oxygen atoms in total. The molecule has 1 heterocycles. The minimum absolute atomic E-state index is 0.669. The number of ether oxygens (including phenoxy) is 2. The van der Waals surface area contributed by atoms with Crippen LogP contribution in [0.25, 0.3) is 0 Å². The van der Waals surface area contributed by atoms with E-state index in [1.54, 1.807) is 14.2 Å². The molecule has 5 heteroatoms. The first-order valence-electron chi connectivity index (χ1n) is 6.80. The van der Waals surface area contributed by atoms with Crippen LogP contribution in [-0.4, -0.2) is 24.4 Å². The van der Waals surface area contributed by atoms with Gasteiger partial charge in [-0.25, -0.2) is 0 Å². The van der Waals surface area contributed by atoms with Gasteiger partial charge in [0.25, 0.3) is 0 Å². The third-order valence-corrected chi connectivity index (χ3v) is 3.57. The number of anilines is 1.